The maximum atomic E-state index is 12.9. The van der Waals surface area contributed by atoms with Gasteiger partial charge in [-0.1, -0.05) is 234 Å². The zero-order valence-corrected chi connectivity index (χ0v) is 46.0. The van der Waals surface area contributed by atoms with Crippen molar-refractivity contribution in [2.24, 2.45) is 0 Å². The highest BCUT2D eigenvalue weighted by Crippen LogP contribution is 2.14. The molecule has 0 aromatic carbocycles. The molecule has 0 aliphatic carbocycles. The number of rotatable bonds is 53. The van der Waals surface area contributed by atoms with Gasteiger partial charge in [0.05, 0.1) is 0 Å². The normalized spacial score (nSPS) is 12.7. The molecule has 0 heterocycles. The molecule has 0 fully saturated rings. The van der Waals surface area contributed by atoms with E-state index in [-0.39, 0.29) is 31.1 Å². The van der Waals surface area contributed by atoms with Crippen LogP contribution in [0.4, 0.5) is 0 Å². The molecular formula is C64H110O6. The molecule has 0 aliphatic rings. The molecule has 0 aromatic rings. The Kier molecular flexibility index (Phi) is 55.3. The first-order valence-electron chi connectivity index (χ1n) is 29.6. The summed E-state index contributed by atoms with van der Waals surface area (Å²) in [6.07, 6.45) is 75.7. The zero-order chi connectivity index (χ0) is 50.7. The summed E-state index contributed by atoms with van der Waals surface area (Å²) in [6, 6.07) is 0. The molecule has 0 N–H and O–H groups in total. The Morgan fingerprint density at radius 2 is 0.543 bits per heavy atom. The third-order valence-electron chi connectivity index (χ3n) is 12.6. The van der Waals surface area contributed by atoms with Crippen molar-refractivity contribution in [3.05, 3.63) is 85.1 Å². The van der Waals surface area contributed by atoms with Crippen molar-refractivity contribution in [2.45, 2.75) is 290 Å². The van der Waals surface area contributed by atoms with Crippen LogP contribution in [-0.4, -0.2) is 37.2 Å². The minimum absolute atomic E-state index is 0.0908. The highest BCUT2D eigenvalue weighted by atomic mass is 16.6. The molecule has 0 aromatic heterocycles. The second-order valence-electron chi connectivity index (χ2n) is 19.5. The summed E-state index contributed by atoms with van der Waals surface area (Å²) in [6.45, 7) is 6.53. The maximum absolute atomic E-state index is 12.9. The van der Waals surface area contributed by atoms with Crippen LogP contribution < -0.4 is 0 Å². The summed E-state index contributed by atoms with van der Waals surface area (Å²) < 4.78 is 16.8. The van der Waals surface area contributed by atoms with E-state index in [1.54, 1.807) is 0 Å². The van der Waals surface area contributed by atoms with Crippen LogP contribution in [0, 0.1) is 0 Å². The Bertz CT molecular complexity index is 1350. The van der Waals surface area contributed by atoms with Crippen LogP contribution in [0.1, 0.15) is 284 Å². The predicted octanol–water partition coefficient (Wildman–Crippen LogP) is 19.9. The molecule has 1 unspecified atom stereocenters. The van der Waals surface area contributed by atoms with Crippen LogP contribution in [0.15, 0.2) is 85.1 Å². The summed E-state index contributed by atoms with van der Waals surface area (Å²) in [5.41, 5.74) is 0. The van der Waals surface area contributed by atoms with Gasteiger partial charge in [-0.3, -0.25) is 14.4 Å². The number of esters is 3. The van der Waals surface area contributed by atoms with E-state index in [9.17, 15) is 14.4 Å². The van der Waals surface area contributed by atoms with E-state index in [4.69, 9.17) is 14.2 Å². The molecule has 0 amide bonds. The molecule has 0 radical (unpaired) electrons. The van der Waals surface area contributed by atoms with E-state index in [2.05, 4.69) is 106 Å². The lowest BCUT2D eigenvalue weighted by atomic mass is 10.1. The van der Waals surface area contributed by atoms with Crippen LogP contribution in [0.3, 0.4) is 0 Å². The molecule has 0 rings (SSSR count). The van der Waals surface area contributed by atoms with Crippen LogP contribution in [-0.2, 0) is 28.6 Å². The topological polar surface area (TPSA) is 78.9 Å². The quantitative estimate of drug-likeness (QED) is 0.0261. The van der Waals surface area contributed by atoms with Gasteiger partial charge in [-0.2, -0.15) is 0 Å². The smallest absolute Gasteiger partial charge is 0.306 e. The molecule has 0 spiro atoms. The van der Waals surface area contributed by atoms with E-state index in [1.807, 2.05) is 0 Å². The molecule has 0 aliphatic heterocycles. The van der Waals surface area contributed by atoms with Crippen molar-refractivity contribution in [3.63, 3.8) is 0 Å². The summed E-state index contributed by atoms with van der Waals surface area (Å²) in [4.78, 5) is 38.2. The number of carbonyl (C=O) groups is 3. The van der Waals surface area contributed by atoms with E-state index >= 15 is 0 Å². The minimum atomic E-state index is -0.794. The average molecular weight is 976 g/mol. The van der Waals surface area contributed by atoms with E-state index < -0.39 is 6.10 Å². The molecule has 0 bridgehead atoms. The lowest BCUT2D eigenvalue weighted by Crippen LogP contribution is -2.30. The average Bonchev–Trinajstić information content (AvgIpc) is 3.36. The number of hydrogen-bond donors (Lipinski definition) is 0. The molecule has 0 saturated carbocycles. The number of ether oxygens (including phenoxy) is 3. The predicted molar refractivity (Wildman–Crippen MR) is 302 cm³/mol. The minimum Gasteiger partial charge on any atom is -0.462 e. The standard InChI is InChI=1S/C64H110O6/c1-4-7-10-13-16-19-22-25-27-29-30-31-32-33-34-35-37-39-42-45-48-51-54-57-63(66)69-60-61(59-68-62(65)56-53-50-47-44-41-38-24-21-18-15-12-9-6-3)70-64(67)58-55-52-49-46-43-40-36-28-26-23-20-17-14-11-8-5-2/h12,15,20-25,28-30,32-33,36,61H,4-11,13-14,16-19,26-27,31,34-35,37-60H2,1-3H3/b15-12-,23-20-,24-21-,25-22-,30-29-,33-32-,36-28-. The van der Waals surface area contributed by atoms with Crippen molar-refractivity contribution in [2.75, 3.05) is 13.2 Å². The first-order valence-corrected chi connectivity index (χ1v) is 29.6. The third kappa shape index (κ3) is 55.5. The number of unbranched alkanes of at least 4 members (excludes halogenated alkanes) is 28. The highest BCUT2D eigenvalue weighted by molar-refractivity contribution is 5.71. The first-order chi connectivity index (χ1) is 34.5. The summed E-state index contributed by atoms with van der Waals surface area (Å²) in [5, 5.41) is 0. The monoisotopic (exact) mass is 975 g/mol. The van der Waals surface area contributed by atoms with Gasteiger partial charge in [0.2, 0.25) is 0 Å². The largest absolute Gasteiger partial charge is 0.462 e. The summed E-state index contributed by atoms with van der Waals surface area (Å²) in [5.74, 6) is -0.920. The second-order valence-corrected chi connectivity index (χ2v) is 19.5. The Labute approximate surface area is 433 Å². The highest BCUT2D eigenvalue weighted by Gasteiger charge is 2.19. The van der Waals surface area contributed by atoms with Crippen molar-refractivity contribution >= 4 is 17.9 Å². The van der Waals surface area contributed by atoms with Gasteiger partial charge in [0, 0.05) is 19.3 Å². The molecule has 1 atom stereocenters. The Morgan fingerprint density at radius 1 is 0.286 bits per heavy atom. The van der Waals surface area contributed by atoms with Crippen LogP contribution in [0.2, 0.25) is 0 Å². The second kappa shape index (κ2) is 58.2. The number of allylic oxidation sites excluding steroid dienone is 14. The summed E-state index contributed by atoms with van der Waals surface area (Å²) >= 11 is 0. The zero-order valence-electron chi connectivity index (χ0n) is 46.0. The van der Waals surface area contributed by atoms with Crippen molar-refractivity contribution in [1.82, 2.24) is 0 Å². The molecule has 6 nitrogen and oxygen atoms in total. The molecule has 402 valence electrons. The molecule has 6 heteroatoms. The van der Waals surface area contributed by atoms with Crippen LogP contribution in [0.5, 0.6) is 0 Å². The number of hydrogen-bond acceptors (Lipinski definition) is 6. The van der Waals surface area contributed by atoms with Gasteiger partial charge in [0.1, 0.15) is 13.2 Å². The number of carbonyl (C=O) groups excluding carboxylic acids is 3. The lowest BCUT2D eigenvalue weighted by molar-refractivity contribution is -0.167. The maximum Gasteiger partial charge on any atom is 0.306 e. The Hall–Kier alpha value is -3.41. The first kappa shape index (κ1) is 66.6. The van der Waals surface area contributed by atoms with Crippen LogP contribution in [0.25, 0.3) is 0 Å². The lowest BCUT2D eigenvalue weighted by Gasteiger charge is -2.18. The molecular weight excluding hydrogens is 865 g/mol. The SMILES string of the molecule is CCC/C=C\C/C=C\CCCCCCCC(=O)OCC(COC(=O)CCCCCCCCCC/C=C\C/C=C\C/C=C\CCCCCCC)OC(=O)CCCCCCC/C=C\C/C=C\CCCCCC. The van der Waals surface area contributed by atoms with E-state index in [1.165, 1.54) is 109 Å². The van der Waals surface area contributed by atoms with Crippen molar-refractivity contribution < 1.29 is 28.6 Å². The fraction of sp³-hybridized carbons (Fsp3) is 0.734. The summed E-state index contributed by atoms with van der Waals surface area (Å²) in [7, 11) is 0. The van der Waals surface area contributed by atoms with Crippen molar-refractivity contribution in [3.8, 4) is 0 Å². The van der Waals surface area contributed by atoms with Gasteiger partial charge >= 0.3 is 17.9 Å². The van der Waals surface area contributed by atoms with Gasteiger partial charge in [0.25, 0.3) is 0 Å². The van der Waals surface area contributed by atoms with Crippen LogP contribution >= 0.6 is 0 Å². The van der Waals surface area contributed by atoms with Gasteiger partial charge in [0.15, 0.2) is 6.10 Å². The van der Waals surface area contributed by atoms with Gasteiger partial charge in [-0.15, -0.1) is 0 Å². The fourth-order valence-corrected chi connectivity index (χ4v) is 8.11. The van der Waals surface area contributed by atoms with Gasteiger partial charge in [-0.25, -0.2) is 0 Å². The Morgan fingerprint density at radius 3 is 0.871 bits per heavy atom. The third-order valence-corrected chi connectivity index (χ3v) is 12.6. The molecule has 0 saturated heterocycles. The Balaban J connectivity index is 4.38. The van der Waals surface area contributed by atoms with E-state index in [0.29, 0.717) is 19.3 Å². The van der Waals surface area contributed by atoms with Gasteiger partial charge < -0.3 is 14.2 Å². The van der Waals surface area contributed by atoms with Gasteiger partial charge in [-0.05, 0) is 116 Å². The van der Waals surface area contributed by atoms with E-state index in [0.717, 1.165) is 135 Å². The van der Waals surface area contributed by atoms with Crippen molar-refractivity contribution in [1.29, 1.82) is 0 Å². The molecule has 70 heavy (non-hydrogen) atoms. The fourth-order valence-electron chi connectivity index (χ4n) is 8.11.